The van der Waals surface area contributed by atoms with Crippen LogP contribution in [0.15, 0.2) is 28.9 Å². The second kappa shape index (κ2) is 4.79. The molecule has 114 valence electrons. The van der Waals surface area contributed by atoms with Crippen LogP contribution < -0.4 is 4.90 Å². The number of aromatic nitrogens is 1. The average molecular weight is 359 g/mol. The molecular weight excluding hydrogens is 340 g/mol. The van der Waals surface area contributed by atoms with Gasteiger partial charge in [-0.05, 0) is 49.8 Å². The molecule has 2 aromatic rings. The summed E-state index contributed by atoms with van der Waals surface area (Å²) in [6.45, 7) is 2.29. The number of rotatable bonds is 0. The highest BCUT2D eigenvalue weighted by Crippen LogP contribution is 2.52. The van der Waals surface area contributed by atoms with Gasteiger partial charge in [0.25, 0.3) is 0 Å². The van der Waals surface area contributed by atoms with Gasteiger partial charge in [0, 0.05) is 22.5 Å². The van der Waals surface area contributed by atoms with Gasteiger partial charge in [0.05, 0.1) is 22.8 Å². The number of nitrogens with zero attached hydrogens (tertiary/aromatic N) is 2. The maximum Gasteiger partial charge on any atom is 0.237 e. The minimum Gasteiger partial charge on any atom is -0.313 e. The Morgan fingerprint density at radius 1 is 1.32 bits per heavy atom. The Morgan fingerprint density at radius 3 is 2.77 bits per heavy atom. The van der Waals surface area contributed by atoms with E-state index in [1.807, 2.05) is 30.3 Å². The monoisotopic (exact) mass is 358 g/mol. The Labute approximate surface area is 138 Å². The van der Waals surface area contributed by atoms with Crippen LogP contribution in [0.5, 0.6) is 0 Å². The van der Waals surface area contributed by atoms with E-state index in [0.717, 1.165) is 46.7 Å². The number of fused-ring (bicyclic) bond motifs is 4. The van der Waals surface area contributed by atoms with E-state index in [1.54, 1.807) is 0 Å². The highest BCUT2D eigenvalue weighted by Gasteiger charge is 2.51. The van der Waals surface area contributed by atoms with Crippen LogP contribution in [0.3, 0.4) is 0 Å². The molecule has 3 nitrogen and oxygen atoms in total. The molecule has 2 heterocycles. The van der Waals surface area contributed by atoms with Crippen molar-refractivity contribution in [2.24, 2.45) is 5.92 Å². The van der Waals surface area contributed by atoms with E-state index < -0.39 is 0 Å². The molecule has 1 amide bonds. The van der Waals surface area contributed by atoms with E-state index in [-0.39, 0.29) is 11.3 Å². The summed E-state index contributed by atoms with van der Waals surface area (Å²) in [6, 6.07) is 6.16. The average Bonchev–Trinajstić information content (AvgIpc) is 2.73. The van der Waals surface area contributed by atoms with Gasteiger partial charge in [-0.15, -0.1) is 0 Å². The smallest absolute Gasteiger partial charge is 0.237 e. The van der Waals surface area contributed by atoms with E-state index in [1.165, 1.54) is 5.56 Å². The van der Waals surface area contributed by atoms with Crippen LogP contribution >= 0.6 is 15.9 Å². The SMILES string of the molecule is CC1CCC2(CC1)C(=O)N(C)c1cnc3ccc(Br)cc3c12. The maximum absolute atomic E-state index is 13.1. The quantitative estimate of drug-likeness (QED) is 0.698. The fourth-order valence-corrected chi connectivity index (χ4v) is 4.53. The van der Waals surface area contributed by atoms with Gasteiger partial charge in [0.15, 0.2) is 0 Å². The van der Waals surface area contributed by atoms with Gasteiger partial charge in [-0.2, -0.15) is 0 Å². The van der Waals surface area contributed by atoms with E-state index in [2.05, 4.69) is 33.9 Å². The minimum absolute atomic E-state index is 0.253. The van der Waals surface area contributed by atoms with Crippen molar-refractivity contribution in [3.05, 3.63) is 34.4 Å². The Morgan fingerprint density at radius 2 is 2.05 bits per heavy atom. The first-order valence-corrected chi connectivity index (χ1v) is 8.69. The number of likely N-dealkylation sites (N-methyl/N-ethyl adjacent to an activating group) is 1. The van der Waals surface area contributed by atoms with E-state index in [9.17, 15) is 4.79 Å². The van der Waals surface area contributed by atoms with Crippen molar-refractivity contribution in [2.45, 2.75) is 38.0 Å². The van der Waals surface area contributed by atoms with Crippen LogP contribution in [0, 0.1) is 5.92 Å². The predicted molar refractivity (Wildman–Crippen MR) is 92.2 cm³/mol. The predicted octanol–water partition coefficient (Wildman–Crippen LogP) is 4.42. The summed E-state index contributed by atoms with van der Waals surface area (Å²) in [5.74, 6) is 0.969. The minimum atomic E-state index is -0.335. The molecular formula is C18H19BrN2O. The van der Waals surface area contributed by atoms with Crippen LogP contribution in [-0.4, -0.2) is 17.9 Å². The Bertz CT molecular complexity index is 778. The standard InChI is InChI=1S/C18H19BrN2O/c1-11-5-7-18(8-6-11)16-13-9-12(19)3-4-14(13)20-10-15(16)21(2)17(18)22/h3-4,9-11H,5-8H2,1-2H3. The second-order valence-electron chi connectivity index (χ2n) is 6.81. The highest BCUT2D eigenvalue weighted by molar-refractivity contribution is 9.10. The number of halogens is 1. The summed E-state index contributed by atoms with van der Waals surface area (Å²) in [5, 5.41) is 1.12. The van der Waals surface area contributed by atoms with Crippen molar-refractivity contribution >= 4 is 38.4 Å². The zero-order valence-electron chi connectivity index (χ0n) is 12.9. The summed E-state index contributed by atoms with van der Waals surface area (Å²) in [7, 11) is 1.89. The van der Waals surface area contributed by atoms with E-state index >= 15 is 0 Å². The number of anilines is 1. The summed E-state index contributed by atoms with van der Waals surface area (Å²) >= 11 is 3.57. The molecule has 1 aliphatic carbocycles. The first kappa shape index (κ1) is 14.2. The third-order valence-corrected chi connectivity index (χ3v) is 5.99. The van der Waals surface area contributed by atoms with Gasteiger partial charge < -0.3 is 4.90 Å². The van der Waals surface area contributed by atoms with Crippen molar-refractivity contribution in [1.82, 2.24) is 4.98 Å². The maximum atomic E-state index is 13.1. The van der Waals surface area contributed by atoms with Gasteiger partial charge in [-0.1, -0.05) is 22.9 Å². The van der Waals surface area contributed by atoms with Crippen molar-refractivity contribution in [1.29, 1.82) is 0 Å². The molecule has 1 fully saturated rings. The molecule has 1 aromatic carbocycles. The normalized spacial score (nSPS) is 27.7. The second-order valence-corrected chi connectivity index (χ2v) is 7.72. The number of benzene rings is 1. The van der Waals surface area contributed by atoms with Crippen molar-refractivity contribution in [3.63, 3.8) is 0 Å². The number of amides is 1. The molecule has 1 aliphatic heterocycles. The largest absolute Gasteiger partial charge is 0.313 e. The highest BCUT2D eigenvalue weighted by atomic mass is 79.9. The van der Waals surface area contributed by atoms with Crippen molar-refractivity contribution in [3.8, 4) is 0 Å². The molecule has 0 unspecified atom stereocenters. The molecule has 1 spiro atoms. The molecule has 0 N–H and O–H groups in total. The molecule has 1 aromatic heterocycles. The summed E-state index contributed by atoms with van der Waals surface area (Å²) in [5.41, 5.74) is 2.84. The lowest BCUT2D eigenvalue weighted by atomic mass is 9.67. The van der Waals surface area contributed by atoms with Crippen LogP contribution in [0.1, 0.15) is 38.2 Å². The lowest BCUT2D eigenvalue weighted by Gasteiger charge is -2.35. The number of carbonyl (C=O) groups excluding carboxylic acids is 1. The zero-order valence-corrected chi connectivity index (χ0v) is 14.5. The van der Waals surface area contributed by atoms with E-state index in [0.29, 0.717) is 5.92 Å². The van der Waals surface area contributed by atoms with Crippen molar-refractivity contribution in [2.75, 3.05) is 11.9 Å². The summed E-state index contributed by atoms with van der Waals surface area (Å²) < 4.78 is 1.04. The van der Waals surface area contributed by atoms with E-state index in [4.69, 9.17) is 0 Å². The zero-order chi connectivity index (χ0) is 15.5. The lowest BCUT2D eigenvalue weighted by Crippen LogP contribution is -2.41. The molecule has 1 saturated carbocycles. The fourth-order valence-electron chi connectivity index (χ4n) is 4.17. The first-order valence-electron chi connectivity index (χ1n) is 7.90. The Hall–Kier alpha value is -1.42. The molecule has 4 heteroatoms. The molecule has 0 bridgehead atoms. The van der Waals surface area contributed by atoms with Crippen LogP contribution in [0.2, 0.25) is 0 Å². The molecule has 22 heavy (non-hydrogen) atoms. The fraction of sp³-hybridized carbons (Fsp3) is 0.444. The van der Waals surface area contributed by atoms with Crippen molar-refractivity contribution < 1.29 is 4.79 Å². The van der Waals surface area contributed by atoms with Gasteiger partial charge in [-0.25, -0.2) is 0 Å². The Balaban J connectivity index is 2.02. The molecule has 4 rings (SSSR count). The molecule has 0 atom stereocenters. The molecule has 2 aliphatic rings. The molecule has 0 radical (unpaired) electrons. The van der Waals surface area contributed by atoms with Gasteiger partial charge in [-0.3, -0.25) is 9.78 Å². The third kappa shape index (κ3) is 1.79. The van der Waals surface area contributed by atoms with Gasteiger partial charge in [0.1, 0.15) is 0 Å². The summed E-state index contributed by atoms with van der Waals surface area (Å²) in [4.78, 5) is 19.4. The number of carbonyl (C=O) groups is 1. The number of pyridine rings is 1. The molecule has 0 saturated heterocycles. The lowest BCUT2D eigenvalue weighted by molar-refractivity contribution is -0.124. The number of hydrogen-bond donors (Lipinski definition) is 0. The van der Waals surface area contributed by atoms with Crippen LogP contribution in [0.4, 0.5) is 5.69 Å². The third-order valence-electron chi connectivity index (χ3n) is 5.49. The van der Waals surface area contributed by atoms with Crippen LogP contribution in [-0.2, 0) is 10.2 Å². The topological polar surface area (TPSA) is 33.2 Å². The van der Waals surface area contributed by atoms with Crippen LogP contribution in [0.25, 0.3) is 10.9 Å². The number of hydrogen-bond acceptors (Lipinski definition) is 2. The van der Waals surface area contributed by atoms with Gasteiger partial charge >= 0.3 is 0 Å². The summed E-state index contributed by atoms with van der Waals surface area (Å²) in [6.07, 6.45) is 6.02. The van der Waals surface area contributed by atoms with Gasteiger partial charge in [0.2, 0.25) is 5.91 Å². The first-order chi connectivity index (χ1) is 10.5. The Kier molecular flexibility index (Phi) is 3.09.